The fourth-order valence-electron chi connectivity index (χ4n) is 7.44. The molecule has 6 aromatic carbocycles. The van der Waals surface area contributed by atoms with Gasteiger partial charge in [-0.25, -0.2) is 9.80 Å². The van der Waals surface area contributed by atoms with Crippen LogP contribution in [0.25, 0.3) is 0 Å². The lowest BCUT2D eigenvalue weighted by Crippen LogP contribution is -2.30. The normalized spacial score (nSPS) is 13.7. The third-order valence-electron chi connectivity index (χ3n) is 10.5. The summed E-state index contributed by atoms with van der Waals surface area (Å²) in [5.74, 6) is 0.683. The van der Waals surface area contributed by atoms with Crippen molar-refractivity contribution in [3.8, 4) is 23.0 Å². The van der Waals surface area contributed by atoms with Crippen LogP contribution in [0.15, 0.2) is 121 Å². The topological polar surface area (TPSA) is 93.2 Å². The quantitative estimate of drug-likeness (QED) is 0.145. The number of hydrogen-bond acceptors (Lipinski definition) is 6. The van der Waals surface area contributed by atoms with Crippen molar-refractivity contribution in [2.45, 2.75) is 47.0 Å². The fraction of sp³-hybridized carbons (Fsp3) is 0.149. The minimum atomic E-state index is -0.370. The first-order valence-electron chi connectivity index (χ1n) is 18.1. The molecule has 0 atom stereocenters. The molecule has 0 aliphatic carbocycles. The first-order valence-corrected chi connectivity index (χ1v) is 18.1. The van der Waals surface area contributed by atoms with E-state index in [2.05, 4.69) is 13.8 Å². The van der Waals surface area contributed by atoms with E-state index in [9.17, 15) is 19.2 Å². The molecule has 55 heavy (non-hydrogen) atoms. The highest BCUT2D eigenvalue weighted by atomic mass is 16.5. The van der Waals surface area contributed by atoms with E-state index < -0.39 is 0 Å². The number of ether oxygens (including phenoxy) is 2. The number of amides is 4. The molecule has 272 valence electrons. The minimum Gasteiger partial charge on any atom is -0.457 e. The van der Waals surface area contributed by atoms with Crippen LogP contribution < -0.4 is 19.3 Å². The molecule has 0 saturated carbocycles. The second kappa shape index (κ2) is 13.2. The van der Waals surface area contributed by atoms with Crippen LogP contribution in [-0.4, -0.2) is 23.6 Å². The largest absolute Gasteiger partial charge is 0.457 e. The molecule has 0 fully saturated rings. The first kappa shape index (κ1) is 35.2. The van der Waals surface area contributed by atoms with Crippen LogP contribution in [0.2, 0.25) is 0 Å². The Kier molecular flexibility index (Phi) is 8.49. The number of imide groups is 2. The molecule has 6 aromatic rings. The van der Waals surface area contributed by atoms with Gasteiger partial charge in [-0.2, -0.15) is 0 Å². The second-order valence-electron chi connectivity index (χ2n) is 14.8. The van der Waals surface area contributed by atoms with Gasteiger partial charge >= 0.3 is 0 Å². The maximum atomic E-state index is 13.4. The molecule has 2 aliphatic rings. The Bertz CT molecular complexity index is 2410. The second-order valence-corrected chi connectivity index (χ2v) is 14.8. The van der Waals surface area contributed by atoms with Crippen molar-refractivity contribution in [1.82, 2.24) is 0 Å². The highest BCUT2D eigenvalue weighted by Gasteiger charge is 2.39. The molecule has 0 radical (unpaired) electrons. The molecule has 0 spiro atoms. The molecular weight excluding hydrogens is 689 g/mol. The van der Waals surface area contributed by atoms with Crippen LogP contribution in [0.4, 0.5) is 11.4 Å². The van der Waals surface area contributed by atoms with Crippen LogP contribution in [0.5, 0.6) is 23.0 Å². The highest BCUT2D eigenvalue weighted by molar-refractivity contribution is 6.35. The maximum Gasteiger partial charge on any atom is 0.266 e. The molecule has 0 aromatic heterocycles. The van der Waals surface area contributed by atoms with Gasteiger partial charge in [-0.1, -0.05) is 73.5 Å². The minimum absolute atomic E-state index is 0.312. The Morgan fingerprint density at radius 3 is 1.11 bits per heavy atom. The predicted molar refractivity (Wildman–Crippen MR) is 212 cm³/mol. The molecule has 8 rings (SSSR count). The van der Waals surface area contributed by atoms with Crippen molar-refractivity contribution in [1.29, 1.82) is 0 Å². The van der Waals surface area contributed by atoms with Crippen molar-refractivity contribution in [3.63, 3.8) is 0 Å². The Labute approximate surface area is 319 Å². The molecule has 8 nitrogen and oxygen atoms in total. The molecule has 0 bridgehead atoms. The summed E-state index contributed by atoms with van der Waals surface area (Å²) < 4.78 is 12.3. The van der Waals surface area contributed by atoms with Crippen molar-refractivity contribution >= 4 is 35.0 Å². The van der Waals surface area contributed by atoms with E-state index in [1.807, 2.05) is 100 Å². The van der Waals surface area contributed by atoms with E-state index in [1.54, 1.807) is 48.5 Å². The SMILES string of the molecule is Cc1ccc(N2C(=O)c3ccc(Oc4ccc(C(C)(C)c5ccc(Oc6ccc7c(c6)C(=O)N(c6ccc(C)cc6C)C7=O)cc5)cc4)cc3C2=O)c(C)c1. The Hall–Kier alpha value is -6.80. The molecule has 2 aliphatic heterocycles. The Morgan fingerprint density at radius 1 is 0.400 bits per heavy atom. The number of rotatable bonds is 8. The summed E-state index contributed by atoms with van der Waals surface area (Å²) in [4.78, 5) is 55.7. The van der Waals surface area contributed by atoms with Crippen LogP contribution in [0, 0.1) is 27.7 Å². The number of anilines is 2. The molecule has 2 heterocycles. The summed E-state index contributed by atoms with van der Waals surface area (Å²) in [5.41, 5.74) is 8.06. The van der Waals surface area contributed by atoms with Crippen LogP contribution in [0.1, 0.15) is 88.7 Å². The number of carbonyl (C=O) groups is 4. The smallest absolute Gasteiger partial charge is 0.266 e. The third-order valence-corrected chi connectivity index (χ3v) is 10.5. The van der Waals surface area contributed by atoms with Crippen LogP contribution in [-0.2, 0) is 5.41 Å². The van der Waals surface area contributed by atoms with Crippen molar-refractivity contribution in [2.24, 2.45) is 0 Å². The summed E-state index contributed by atoms with van der Waals surface area (Å²) in [5, 5.41) is 0. The molecule has 8 heteroatoms. The lowest BCUT2D eigenvalue weighted by Gasteiger charge is -2.26. The van der Waals surface area contributed by atoms with Gasteiger partial charge in [0.1, 0.15) is 23.0 Å². The van der Waals surface area contributed by atoms with Gasteiger partial charge in [0.25, 0.3) is 23.6 Å². The van der Waals surface area contributed by atoms with Crippen molar-refractivity contribution in [2.75, 3.05) is 9.80 Å². The first-order chi connectivity index (χ1) is 26.3. The van der Waals surface area contributed by atoms with Crippen molar-refractivity contribution < 1.29 is 28.7 Å². The molecule has 0 saturated heterocycles. The zero-order valence-corrected chi connectivity index (χ0v) is 31.4. The standard InChI is InChI=1S/C47H38N2O6/c1-27-7-21-41(29(3)23-27)48-43(50)37-19-17-35(25-39(37)45(48)52)54-33-13-9-31(10-14-33)47(5,6)32-11-15-34(16-12-32)55-36-18-20-38-40(26-36)46(53)49(44(38)51)42-22-8-28(2)24-30(42)4/h7-26H,1-6H3. The van der Waals surface area contributed by atoms with Gasteiger partial charge in [0, 0.05) is 5.41 Å². The summed E-state index contributed by atoms with van der Waals surface area (Å²) in [6.45, 7) is 12.0. The highest BCUT2D eigenvalue weighted by Crippen LogP contribution is 2.38. The van der Waals surface area contributed by atoms with Gasteiger partial charge in [0.2, 0.25) is 0 Å². The number of carbonyl (C=O) groups excluding carboxylic acids is 4. The Balaban J connectivity index is 0.940. The van der Waals surface area contributed by atoms with E-state index in [-0.39, 0.29) is 29.0 Å². The zero-order chi connectivity index (χ0) is 38.8. The maximum absolute atomic E-state index is 13.4. The molecule has 0 unspecified atom stereocenters. The number of benzene rings is 6. The predicted octanol–water partition coefficient (Wildman–Crippen LogP) is 10.4. The van der Waals surface area contributed by atoms with Crippen molar-refractivity contribution in [3.05, 3.63) is 177 Å². The lowest BCUT2D eigenvalue weighted by molar-refractivity contribution is 0.0910. The van der Waals surface area contributed by atoms with E-state index in [0.717, 1.165) is 33.4 Å². The number of fused-ring (bicyclic) bond motifs is 2. The zero-order valence-electron chi connectivity index (χ0n) is 31.4. The van der Waals surface area contributed by atoms with Gasteiger partial charge in [-0.05, 0) is 123 Å². The van der Waals surface area contributed by atoms with Crippen LogP contribution >= 0.6 is 0 Å². The summed E-state index contributed by atoms with van der Waals surface area (Å²) in [6, 6.07) is 36.8. The van der Waals surface area contributed by atoms with Gasteiger partial charge in [-0.3, -0.25) is 19.2 Å². The lowest BCUT2D eigenvalue weighted by atomic mass is 9.78. The number of hydrogen-bond donors (Lipinski definition) is 0. The van der Waals surface area contributed by atoms with E-state index >= 15 is 0 Å². The number of aryl methyl sites for hydroxylation is 4. The summed E-state index contributed by atoms with van der Waals surface area (Å²) >= 11 is 0. The summed E-state index contributed by atoms with van der Waals surface area (Å²) in [6.07, 6.45) is 0. The number of nitrogens with zero attached hydrogens (tertiary/aromatic N) is 2. The van der Waals surface area contributed by atoms with Gasteiger partial charge in [-0.15, -0.1) is 0 Å². The fourth-order valence-corrected chi connectivity index (χ4v) is 7.44. The molecule has 0 N–H and O–H groups in total. The Morgan fingerprint density at radius 2 is 0.745 bits per heavy atom. The monoisotopic (exact) mass is 726 g/mol. The molecule has 4 amide bonds. The molecular formula is C47H38N2O6. The van der Waals surface area contributed by atoms with Gasteiger partial charge in [0.15, 0.2) is 0 Å². The van der Waals surface area contributed by atoms with E-state index in [4.69, 9.17) is 9.47 Å². The summed E-state index contributed by atoms with van der Waals surface area (Å²) in [7, 11) is 0. The third kappa shape index (κ3) is 6.15. The van der Waals surface area contributed by atoms with E-state index in [0.29, 0.717) is 56.6 Å². The average Bonchev–Trinajstić information content (AvgIpc) is 3.55. The van der Waals surface area contributed by atoms with Gasteiger partial charge < -0.3 is 9.47 Å². The average molecular weight is 727 g/mol. The van der Waals surface area contributed by atoms with Crippen LogP contribution in [0.3, 0.4) is 0 Å². The van der Waals surface area contributed by atoms with E-state index in [1.165, 1.54) is 9.80 Å². The van der Waals surface area contributed by atoms with Gasteiger partial charge in [0.05, 0.1) is 33.6 Å².